The lowest BCUT2D eigenvalue weighted by atomic mass is 9.84. The van der Waals surface area contributed by atoms with Gasteiger partial charge in [0.2, 0.25) is 0 Å². The summed E-state index contributed by atoms with van der Waals surface area (Å²) in [6.07, 6.45) is 0. The number of fused-ring (bicyclic) bond motifs is 6. The van der Waals surface area contributed by atoms with Gasteiger partial charge in [-0.1, -0.05) is 194 Å². The van der Waals surface area contributed by atoms with Gasteiger partial charge in [-0.3, -0.25) is 0 Å². The van der Waals surface area contributed by atoms with Crippen molar-refractivity contribution in [3.8, 4) is 55.6 Å². The van der Waals surface area contributed by atoms with Crippen LogP contribution in [-0.2, 0) is 0 Å². The highest BCUT2D eigenvalue weighted by Crippen LogP contribution is 2.47. The van der Waals surface area contributed by atoms with E-state index in [1.165, 1.54) is 60.5 Å². The standard InChI is InChI=1S/C62H41NO/c1-5-17-42(18-6-1)48-32-37-58(55(39-48)44-19-7-2-8-20-44)63(50-35-38-60-56(41-50)53-26-15-16-28-59(53)64-60)49-33-29-43(30-34-49)47-31-36-52-51-25-13-14-27-54(51)61(45-21-9-3-10-22-45)62(57(52)40-47)46-23-11-4-12-24-46/h1-41H. The first-order valence-corrected chi connectivity index (χ1v) is 21.9. The molecule has 1 heterocycles. The van der Waals surface area contributed by atoms with Crippen LogP contribution in [0.4, 0.5) is 17.1 Å². The Morgan fingerprint density at radius 1 is 0.250 bits per heavy atom. The van der Waals surface area contributed by atoms with E-state index in [1.54, 1.807) is 0 Å². The molecule has 300 valence electrons. The van der Waals surface area contributed by atoms with Crippen molar-refractivity contribution in [1.29, 1.82) is 0 Å². The fourth-order valence-corrected chi connectivity index (χ4v) is 9.65. The molecular formula is C62H41NO. The molecule has 0 spiro atoms. The number of benzene rings is 11. The van der Waals surface area contributed by atoms with Crippen LogP contribution in [0.1, 0.15) is 0 Å². The number of furan rings is 1. The molecule has 0 fully saturated rings. The molecule has 11 aromatic carbocycles. The SMILES string of the molecule is c1ccc(-c2ccc(N(c3ccc(-c4ccc5c(c4)c(-c4ccccc4)c(-c4ccccc4)c4ccccc45)cc3)c3ccc4oc5ccccc5c4c3)c(-c3ccccc3)c2)cc1. The average Bonchev–Trinajstić information content (AvgIpc) is 3.75. The van der Waals surface area contributed by atoms with Crippen LogP contribution >= 0.6 is 0 Å². The van der Waals surface area contributed by atoms with Gasteiger partial charge in [-0.2, -0.15) is 0 Å². The molecule has 0 bridgehead atoms. The maximum absolute atomic E-state index is 6.33. The minimum atomic E-state index is 0.873. The van der Waals surface area contributed by atoms with Crippen LogP contribution < -0.4 is 4.90 Å². The molecule has 0 atom stereocenters. The second-order valence-corrected chi connectivity index (χ2v) is 16.4. The maximum atomic E-state index is 6.33. The van der Waals surface area contributed by atoms with Crippen molar-refractivity contribution in [2.45, 2.75) is 0 Å². The quantitative estimate of drug-likeness (QED) is 0.142. The highest BCUT2D eigenvalue weighted by Gasteiger charge is 2.22. The second kappa shape index (κ2) is 15.8. The number of nitrogens with zero attached hydrogens (tertiary/aromatic N) is 1. The molecule has 1 aromatic heterocycles. The van der Waals surface area contributed by atoms with Gasteiger partial charge in [0.1, 0.15) is 11.2 Å². The predicted molar refractivity (Wildman–Crippen MR) is 271 cm³/mol. The summed E-state index contributed by atoms with van der Waals surface area (Å²) < 4.78 is 6.33. The summed E-state index contributed by atoms with van der Waals surface area (Å²) in [6, 6.07) is 89.7. The van der Waals surface area contributed by atoms with Gasteiger partial charge < -0.3 is 9.32 Å². The number of anilines is 3. The molecule has 0 aliphatic carbocycles. The van der Waals surface area contributed by atoms with Gasteiger partial charge in [0.25, 0.3) is 0 Å². The smallest absolute Gasteiger partial charge is 0.135 e. The summed E-state index contributed by atoms with van der Waals surface area (Å²) in [5.41, 5.74) is 16.8. The third kappa shape index (κ3) is 6.52. The lowest BCUT2D eigenvalue weighted by Crippen LogP contribution is -2.11. The number of hydrogen-bond donors (Lipinski definition) is 0. The van der Waals surface area contributed by atoms with Crippen molar-refractivity contribution in [1.82, 2.24) is 0 Å². The monoisotopic (exact) mass is 815 g/mol. The van der Waals surface area contributed by atoms with Crippen LogP contribution in [-0.4, -0.2) is 0 Å². The van der Waals surface area contributed by atoms with Crippen LogP contribution in [0.2, 0.25) is 0 Å². The summed E-state index contributed by atoms with van der Waals surface area (Å²) in [4.78, 5) is 2.40. The molecule has 0 amide bonds. The molecule has 0 saturated heterocycles. The molecule has 12 rings (SSSR count). The first kappa shape index (κ1) is 37.3. The Morgan fingerprint density at radius 3 is 1.41 bits per heavy atom. The van der Waals surface area contributed by atoms with Crippen LogP contribution in [0.15, 0.2) is 253 Å². The Labute approximate surface area is 372 Å². The summed E-state index contributed by atoms with van der Waals surface area (Å²) in [5.74, 6) is 0. The largest absolute Gasteiger partial charge is 0.456 e. The molecule has 64 heavy (non-hydrogen) atoms. The molecular weight excluding hydrogens is 775 g/mol. The lowest BCUT2D eigenvalue weighted by molar-refractivity contribution is 0.669. The van der Waals surface area contributed by atoms with E-state index in [4.69, 9.17) is 4.42 Å². The van der Waals surface area contributed by atoms with Crippen LogP contribution in [0.3, 0.4) is 0 Å². The highest BCUT2D eigenvalue weighted by atomic mass is 16.3. The third-order valence-electron chi connectivity index (χ3n) is 12.7. The van der Waals surface area contributed by atoms with Crippen molar-refractivity contribution in [2.24, 2.45) is 0 Å². The lowest BCUT2D eigenvalue weighted by Gasteiger charge is -2.28. The summed E-state index contributed by atoms with van der Waals surface area (Å²) in [5, 5.41) is 7.18. The Bertz CT molecular complexity index is 3630. The predicted octanol–water partition coefficient (Wildman–Crippen LogP) is 17.7. The van der Waals surface area contributed by atoms with Crippen LogP contribution in [0, 0.1) is 0 Å². The second-order valence-electron chi connectivity index (χ2n) is 16.4. The van der Waals surface area contributed by atoms with Crippen molar-refractivity contribution < 1.29 is 4.42 Å². The molecule has 0 aliphatic heterocycles. The molecule has 0 saturated carbocycles. The van der Waals surface area contributed by atoms with Gasteiger partial charge in [0, 0.05) is 27.7 Å². The van der Waals surface area contributed by atoms with Crippen molar-refractivity contribution in [3.05, 3.63) is 249 Å². The Kier molecular flexibility index (Phi) is 9.20. The van der Waals surface area contributed by atoms with Gasteiger partial charge in [0.05, 0.1) is 5.69 Å². The fourth-order valence-electron chi connectivity index (χ4n) is 9.65. The Hall–Kier alpha value is -8.46. The topological polar surface area (TPSA) is 16.4 Å². The van der Waals surface area contributed by atoms with E-state index in [0.29, 0.717) is 0 Å². The van der Waals surface area contributed by atoms with E-state index in [0.717, 1.165) is 55.7 Å². The molecule has 0 unspecified atom stereocenters. The van der Waals surface area contributed by atoms with E-state index < -0.39 is 0 Å². The molecule has 0 aliphatic rings. The third-order valence-corrected chi connectivity index (χ3v) is 12.7. The zero-order valence-electron chi connectivity index (χ0n) is 35.0. The van der Waals surface area contributed by atoms with E-state index in [1.807, 2.05) is 12.1 Å². The minimum Gasteiger partial charge on any atom is -0.456 e. The van der Waals surface area contributed by atoms with Gasteiger partial charge >= 0.3 is 0 Å². The van der Waals surface area contributed by atoms with Gasteiger partial charge in [-0.15, -0.1) is 0 Å². The molecule has 2 nitrogen and oxygen atoms in total. The average molecular weight is 816 g/mol. The summed E-state index contributed by atoms with van der Waals surface area (Å²) >= 11 is 0. The summed E-state index contributed by atoms with van der Waals surface area (Å²) in [7, 11) is 0. The number of para-hydroxylation sites is 1. The van der Waals surface area contributed by atoms with Crippen molar-refractivity contribution in [3.63, 3.8) is 0 Å². The Morgan fingerprint density at radius 2 is 0.719 bits per heavy atom. The van der Waals surface area contributed by atoms with Crippen molar-refractivity contribution in [2.75, 3.05) is 4.90 Å². The van der Waals surface area contributed by atoms with Crippen molar-refractivity contribution >= 4 is 60.5 Å². The number of hydrogen-bond acceptors (Lipinski definition) is 2. The fraction of sp³-hybridized carbons (Fsp3) is 0. The van der Waals surface area contributed by atoms with Crippen LogP contribution in [0.25, 0.3) is 99.1 Å². The van der Waals surface area contributed by atoms with Gasteiger partial charge in [0.15, 0.2) is 0 Å². The molecule has 0 radical (unpaired) electrons. The first-order valence-electron chi connectivity index (χ1n) is 21.9. The normalized spacial score (nSPS) is 11.4. The molecule has 12 aromatic rings. The van der Waals surface area contributed by atoms with Gasteiger partial charge in [-0.05, 0) is 126 Å². The maximum Gasteiger partial charge on any atom is 0.135 e. The number of rotatable bonds is 8. The van der Waals surface area contributed by atoms with E-state index in [-0.39, 0.29) is 0 Å². The minimum absolute atomic E-state index is 0.873. The Balaban J connectivity index is 1.05. The van der Waals surface area contributed by atoms with E-state index in [2.05, 4.69) is 241 Å². The van der Waals surface area contributed by atoms with E-state index >= 15 is 0 Å². The van der Waals surface area contributed by atoms with E-state index in [9.17, 15) is 0 Å². The van der Waals surface area contributed by atoms with Crippen LogP contribution in [0.5, 0.6) is 0 Å². The summed E-state index contributed by atoms with van der Waals surface area (Å²) in [6.45, 7) is 0. The zero-order valence-corrected chi connectivity index (χ0v) is 35.0. The molecule has 0 N–H and O–H groups in total. The zero-order chi connectivity index (χ0) is 42.4. The van der Waals surface area contributed by atoms with Gasteiger partial charge in [-0.25, -0.2) is 0 Å². The molecule has 2 heteroatoms. The highest BCUT2D eigenvalue weighted by molar-refractivity contribution is 6.22. The first-order chi connectivity index (χ1) is 31.7.